The highest BCUT2D eigenvalue weighted by atomic mass is 31.2. The van der Waals surface area contributed by atoms with Crippen LogP contribution in [0.1, 0.15) is 13.2 Å². The molecule has 1 fully saturated rings. The molecule has 28 heavy (non-hydrogen) atoms. The van der Waals surface area contributed by atoms with Crippen LogP contribution in [0.25, 0.3) is 0 Å². The Balaban J connectivity index is 1.72. The highest BCUT2D eigenvalue weighted by molar-refractivity contribution is 7.51. The molecular weight excluding hydrogens is 396 g/mol. The Morgan fingerprint density at radius 1 is 1.36 bits per heavy atom. The number of aromatic nitrogens is 2. The number of rotatable bonds is 6. The predicted molar refractivity (Wildman–Crippen MR) is 95.6 cm³/mol. The molecular formula is C16H19FN3O7P. The highest BCUT2D eigenvalue weighted by Crippen LogP contribution is 2.44. The van der Waals surface area contributed by atoms with Gasteiger partial charge in [0.1, 0.15) is 18.0 Å². The number of H-pyrrole nitrogens is 1. The molecule has 1 aliphatic heterocycles. The number of alkyl halides is 1. The van der Waals surface area contributed by atoms with E-state index in [1.54, 1.807) is 18.2 Å². The number of hydrogen-bond donors (Lipinski definition) is 3. The number of halogens is 1. The highest BCUT2D eigenvalue weighted by Gasteiger charge is 2.55. The standard InChI is InChI=1S/C16H19FN3O7P/c1-16(17)13(22)11(26-14(16)20-8-7-12(21)19-15(20)23)9-25-28(18,24)27-10-5-3-2-4-6-10/h2-8,11,13-14,22H,9H2,1H3,(H2,18,24)(H,19,21,23)/t11-,13+,14-,16?,28+/m1/s1. The SMILES string of the molecule is CC1(F)[C@@H](O)[C@@H](CO[P@](N)(=O)Oc2ccccc2)O[C@H]1n1ccc(=O)[nH]c1=O. The first-order valence-corrected chi connectivity index (χ1v) is 9.83. The third-order valence-electron chi connectivity index (χ3n) is 4.22. The van der Waals surface area contributed by atoms with Gasteiger partial charge in [0.15, 0.2) is 11.9 Å². The zero-order chi connectivity index (χ0) is 20.5. The lowest BCUT2D eigenvalue weighted by Crippen LogP contribution is -2.43. The lowest BCUT2D eigenvalue weighted by atomic mass is 9.98. The lowest BCUT2D eigenvalue weighted by Gasteiger charge is -2.24. The van der Waals surface area contributed by atoms with Crippen molar-refractivity contribution >= 4 is 7.75 Å². The first kappa shape index (κ1) is 20.4. The van der Waals surface area contributed by atoms with Crippen molar-refractivity contribution in [2.45, 2.75) is 31.0 Å². The van der Waals surface area contributed by atoms with Gasteiger partial charge in [0.05, 0.1) is 6.61 Å². The van der Waals surface area contributed by atoms with Gasteiger partial charge in [0.25, 0.3) is 5.56 Å². The molecule has 5 atom stereocenters. The minimum Gasteiger partial charge on any atom is -0.413 e. The molecule has 0 spiro atoms. The summed E-state index contributed by atoms with van der Waals surface area (Å²) in [5.41, 5.74) is 1.53. The minimum absolute atomic E-state index is 0.203. The van der Waals surface area contributed by atoms with Crippen molar-refractivity contribution < 1.29 is 27.8 Å². The number of hydrogen-bond acceptors (Lipinski definition) is 7. The van der Waals surface area contributed by atoms with E-state index < -0.39 is 49.7 Å². The lowest BCUT2D eigenvalue weighted by molar-refractivity contribution is -0.0591. The summed E-state index contributed by atoms with van der Waals surface area (Å²) in [5, 5.41) is 10.2. The Morgan fingerprint density at radius 2 is 2.04 bits per heavy atom. The van der Waals surface area contributed by atoms with Crippen molar-refractivity contribution in [3.8, 4) is 5.75 Å². The molecule has 0 bridgehead atoms. The molecule has 12 heteroatoms. The molecule has 3 rings (SSSR count). The van der Waals surface area contributed by atoms with Crippen LogP contribution in [0, 0.1) is 0 Å². The Kier molecular flexibility index (Phi) is 5.55. The fourth-order valence-electron chi connectivity index (χ4n) is 2.79. The summed E-state index contributed by atoms with van der Waals surface area (Å²) < 4.78 is 43.6. The summed E-state index contributed by atoms with van der Waals surface area (Å²) in [6.07, 6.45) is -3.53. The summed E-state index contributed by atoms with van der Waals surface area (Å²) >= 11 is 0. The number of nitrogens with zero attached hydrogens (tertiary/aromatic N) is 1. The van der Waals surface area contributed by atoms with Crippen LogP contribution < -0.4 is 21.3 Å². The minimum atomic E-state index is -4.07. The van der Waals surface area contributed by atoms with Gasteiger partial charge in [-0.05, 0) is 19.1 Å². The third-order valence-corrected chi connectivity index (χ3v) is 5.19. The summed E-state index contributed by atoms with van der Waals surface area (Å²) in [4.78, 5) is 25.1. The van der Waals surface area contributed by atoms with Gasteiger partial charge >= 0.3 is 13.4 Å². The van der Waals surface area contributed by atoms with E-state index in [1.165, 1.54) is 12.1 Å². The van der Waals surface area contributed by atoms with Crippen molar-refractivity contribution in [2.24, 2.45) is 5.50 Å². The second-order valence-electron chi connectivity index (χ2n) is 6.38. The van der Waals surface area contributed by atoms with Crippen LogP contribution in [0.15, 0.2) is 52.2 Å². The van der Waals surface area contributed by atoms with Crippen molar-refractivity contribution in [3.05, 3.63) is 63.4 Å². The van der Waals surface area contributed by atoms with Gasteiger partial charge in [-0.25, -0.2) is 19.3 Å². The zero-order valence-electron chi connectivity index (χ0n) is 14.7. The van der Waals surface area contributed by atoms with Gasteiger partial charge in [-0.3, -0.25) is 18.9 Å². The molecule has 1 unspecified atom stereocenters. The molecule has 1 aliphatic rings. The Hall–Kier alpha value is -2.30. The summed E-state index contributed by atoms with van der Waals surface area (Å²) in [6.45, 7) is 0.471. The van der Waals surface area contributed by atoms with Gasteiger partial charge in [-0.2, -0.15) is 0 Å². The fraction of sp³-hybridized carbons (Fsp3) is 0.375. The molecule has 1 aromatic heterocycles. The number of nitrogens with one attached hydrogen (secondary N) is 1. The average Bonchev–Trinajstić information content (AvgIpc) is 2.84. The van der Waals surface area contributed by atoms with E-state index >= 15 is 4.39 Å². The predicted octanol–water partition coefficient (Wildman–Crippen LogP) is 0.685. The molecule has 1 saturated heterocycles. The number of benzene rings is 1. The molecule has 0 amide bonds. The van der Waals surface area contributed by atoms with Gasteiger partial charge in [-0.15, -0.1) is 0 Å². The van der Waals surface area contributed by atoms with E-state index in [0.717, 1.165) is 23.8 Å². The first-order valence-electron chi connectivity index (χ1n) is 8.22. The maximum absolute atomic E-state index is 15.0. The smallest absolute Gasteiger partial charge is 0.413 e. The maximum Gasteiger partial charge on any atom is 0.456 e. The summed E-state index contributed by atoms with van der Waals surface area (Å²) in [6, 6.07) is 9.04. The molecule has 2 heterocycles. The van der Waals surface area contributed by atoms with E-state index in [0.29, 0.717) is 0 Å². The van der Waals surface area contributed by atoms with E-state index in [4.69, 9.17) is 19.3 Å². The Morgan fingerprint density at radius 3 is 2.68 bits per heavy atom. The number of aromatic amines is 1. The van der Waals surface area contributed by atoms with E-state index in [9.17, 15) is 19.3 Å². The number of para-hydroxylation sites is 1. The second-order valence-corrected chi connectivity index (χ2v) is 7.90. The molecule has 4 N–H and O–H groups in total. The van der Waals surface area contributed by atoms with Crippen molar-refractivity contribution in [1.82, 2.24) is 9.55 Å². The molecule has 0 aliphatic carbocycles. The number of ether oxygens (including phenoxy) is 1. The van der Waals surface area contributed by atoms with Crippen LogP contribution in [0.4, 0.5) is 4.39 Å². The largest absolute Gasteiger partial charge is 0.456 e. The van der Waals surface area contributed by atoms with Crippen molar-refractivity contribution in [2.75, 3.05) is 6.61 Å². The monoisotopic (exact) mass is 415 g/mol. The fourth-order valence-corrected chi connectivity index (χ4v) is 3.62. The molecule has 0 radical (unpaired) electrons. The zero-order valence-corrected chi connectivity index (χ0v) is 15.6. The number of aliphatic hydroxyl groups is 1. The van der Waals surface area contributed by atoms with Crippen molar-refractivity contribution in [3.63, 3.8) is 0 Å². The van der Waals surface area contributed by atoms with Crippen molar-refractivity contribution in [1.29, 1.82) is 0 Å². The van der Waals surface area contributed by atoms with Crippen LogP contribution in [0.3, 0.4) is 0 Å². The molecule has 2 aromatic rings. The Labute approximate surface area is 158 Å². The van der Waals surface area contributed by atoms with Crippen LogP contribution in [-0.2, 0) is 13.8 Å². The average molecular weight is 415 g/mol. The third kappa shape index (κ3) is 4.23. The van der Waals surface area contributed by atoms with Crippen LogP contribution in [0.5, 0.6) is 5.75 Å². The number of nitrogens with two attached hydrogens (primary N) is 1. The van der Waals surface area contributed by atoms with Gasteiger partial charge < -0.3 is 14.4 Å². The summed E-state index contributed by atoms with van der Waals surface area (Å²) in [5.74, 6) is 0.203. The Bertz CT molecular complexity index is 993. The van der Waals surface area contributed by atoms with Gasteiger partial charge in [0.2, 0.25) is 0 Å². The van der Waals surface area contributed by atoms with E-state index in [-0.39, 0.29) is 5.75 Å². The molecule has 10 nitrogen and oxygen atoms in total. The van der Waals surface area contributed by atoms with Crippen LogP contribution in [-0.4, -0.2) is 39.1 Å². The number of aliphatic hydroxyl groups excluding tert-OH is 1. The molecule has 0 saturated carbocycles. The van der Waals surface area contributed by atoms with Gasteiger partial charge in [0, 0.05) is 12.3 Å². The first-order chi connectivity index (χ1) is 13.1. The van der Waals surface area contributed by atoms with E-state index in [2.05, 4.69) is 0 Å². The summed E-state index contributed by atoms with van der Waals surface area (Å²) in [7, 11) is -4.07. The van der Waals surface area contributed by atoms with Crippen LogP contribution in [0.2, 0.25) is 0 Å². The maximum atomic E-state index is 15.0. The molecule has 152 valence electrons. The second kappa shape index (κ2) is 7.61. The van der Waals surface area contributed by atoms with Gasteiger partial charge in [-0.1, -0.05) is 18.2 Å². The normalized spacial score (nSPS) is 29.4. The van der Waals surface area contributed by atoms with E-state index in [1.807, 2.05) is 4.98 Å². The molecule has 1 aromatic carbocycles. The van der Waals surface area contributed by atoms with Crippen LogP contribution >= 0.6 is 7.75 Å². The quantitative estimate of drug-likeness (QED) is 0.584. The topological polar surface area (TPSA) is 146 Å².